The molecule has 0 radical (unpaired) electrons. The Bertz CT molecular complexity index is 863. The SMILES string of the molecule is CSc1ccc([C@H](C)NC(=O)CN(C)c2ncnc3nc[nH]c23)cc1. The number of fused-ring (bicyclic) bond motifs is 1. The van der Waals surface area contributed by atoms with Crippen molar-refractivity contribution < 1.29 is 4.79 Å². The molecule has 0 unspecified atom stereocenters. The van der Waals surface area contributed by atoms with E-state index < -0.39 is 0 Å². The first-order valence-corrected chi connectivity index (χ1v) is 9.09. The number of carbonyl (C=O) groups excluding carboxylic acids is 1. The van der Waals surface area contributed by atoms with Crippen molar-refractivity contribution in [3.05, 3.63) is 42.5 Å². The molecule has 0 aliphatic rings. The molecule has 0 aliphatic heterocycles. The van der Waals surface area contributed by atoms with Gasteiger partial charge in [-0.2, -0.15) is 0 Å². The number of aromatic amines is 1. The fourth-order valence-corrected chi connectivity index (χ4v) is 3.00. The zero-order chi connectivity index (χ0) is 17.8. The lowest BCUT2D eigenvalue weighted by atomic mass is 10.1. The van der Waals surface area contributed by atoms with Crippen molar-refractivity contribution in [2.24, 2.45) is 0 Å². The minimum atomic E-state index is -0.0739. The fourth-order valence-electron chi connectivity index (χ4n) is 2.60. The third-order valence-electron chi connectivity index (χ3n) is 3.94. The van der Waals surface area contributed by atoms with Gasteiger partial charge < -0.3 is 15.2 Å². The Morgan fingerprint density at radius 2 is 2.04 bits per heavy atom. The molecule has 0 fully saturated rings. The van der Waals surface area contributed by atoms with Crippen LogP contribution in [0.3, 0.4) is 0 Å². The number of carbonyl (C=O) groups is 1. The number of imidazole rings is 1. The number of hydrogen-bond donors (Lipinski definition) is 2. The molecule has 1 aromatic carbocycles. The average molecular weight is 356 g/mol. The van der Waals surface area contributed by atoms with E-state index in [2.05, 4.69) is 37.4 Å². The molecule has 1 atom stereocenters. The number of nitrogens with one attached hydrogen (secondary N) is 2. The van der Waals surface area contributed by atoms with E-state index in [-0.39, 0.29) is 18.5 Å². The van der Waals surface area contributed by atoms with Crippen LogP contribution < -0.4 is 10.2 Å². The Hall–Kier alpha value is -2.61. The molecule has 3 aromatic rings. The van der Waals surface area contributed by atoms with Crippen LogP contribution in [0, 0.1) is 0 Å². The quantitative estimate of drug-likeness (QED) is 0.660. The smallest absolute Gasteiger partial charge is 0.240 e. The van der Waals surface area contributed by atoms with Crippen LogP contribution in [0.4, 0.5) is 5.82 Å². The number of thioether (sulfide) groups is 1. The first-order valence-electron chi connectivity index (χ1n) is 7.87. The molecule has 0 saturated heterocycles. The summed E-state index contributed by atoms with van der Waals surface area (Å²) in [7, 11) is 1.82. The van der Waals surface area contributed by atoms with E-state index in [1.165, 1.54) is 11.2 Å². The lowest BCUT2D eigenvalue weighted by molar-refractivity contribution is -0.120. The summed E-state index contributed by atoms with van der Waals surface area (Å²) in [6, 6.07) is 8.14. The topological polar surface area (TPSA) is 86.8 Å². The van der Waals surface area contributed by atoms with Crippen LogP contribution in [0.15, 0.2) is 41.8 Å². The lowest BCUT2D eigenvalue weighted by Crippen LogP contribution is -2.36. The van der Waals surface area contributed by atoms with Crippen LogP contribution >= 0.6 is 11.8 Å². The van der Waals surface area contributed by atoms with E-state index in [0.717, 1.165) is 11.1 Å². The standard InChI is InChI=1S/C17H20N6OS/c1-11(12-4-6-13(25-3)7-5-12)22-14(24)8-23(2)17-15-16(19-9-18-15)20-10-21-17/h4-7,9-11H,8H2,1-3H3,(H,22,24)(H,18,19,20,21)/t11-/m0/s1. The van der Waals surface area contributed by atoms with Crippen LogP contribution in [-0.4, -0.2) is 45.7 Å². The van der Waals surface area contributed by atoms with Crippen molar-refractivity contribution in [3.8, 4) is 0 Å². The highest BCUT2D eigenvalue weighted by atomic mass is 32.2. The second-order valence-electron chi connectivity index (χ2n) is 5.72. The van der Waals surface area contributed by atoms with Crippen molar-refractivity contribution in [2.75, 3.05) is 24.7 Å². The zero-order valence-corrected chi connectivity index (χ0v) is 15.2. The van der Waals surface area contributed by atoms with Gasteiger partial charge in [-0.3, -0.25) is 4.79 Å². The minimum absolute atomic E-state index is 0.0608. The van der Waals surface area contributed by atoms with E-state index in [0.29, 0.717) is 11.5 Å². The van der Waals surface area contributed by atoms with E-state index in [1.807, 2.05) is 32.4 Å². The van der Waals surface area contributed by atoms with Gasteiger partial charge in [-0.05, 0) is 30.9 Å². The van der Waals surface area contributed by atoms with Gasteiger partial charge in [-0.15, -0.1) is 11.8 Å². The summed E-state index contributed by atoms with van der Waals surface area (Å²) in [6.45, 7) is 2.17. The van der Waals surface area contributed by atoms with Gasteiger partial charge in [-0.25, -0.2) is 15.0 Å². The summed E-state index contributed by atoms with van der Waals surface area (Å²) < 4.78 is 0. The molecule has 2 N–H and O–H groups in total. The van der Waals surface area contributed by atoms with Crippen LogP contribution in [0.1, 0.15) is 18.5 Å². The molecule has 25 heavy (non-hydrogen) atoms. The number of aromatic nitrogens is 4. The van der Waals surface area contributed by atoms with Crippen LogP contribution in [0.25, 0.3) is 11.2 Å². The van der Waals surface area contributed by atoms with Crippen molar-refractivity contribution >= 4 is 34.7 Å². The molecule has 130 valence electrons. The maximum Gasteiger partial charge on any atom is 0.240 e. The minimum Gasteiger partial charge on any atom is -0.348 e. The summed E-state index contributed by atoms with van der Waals surface area (Å²) >= 11 is 1.70. The monoisotopic (exact) mass is 356 g/mol. The van der Waals surface area contributed by atoms with E-state index >= 15 is 0 Å². The Morgan fingerprint density at radius 1 is 1.28 bits per heavy atom. The summed E-state index contributed by atoms with van der Waals surface area (Å²) in [6.07, 6.45) is 5.06. The first kappa shape index (κ1) is 17.2. The predicted molar refractivity (Wildman–Crippen MR) is 99.7 cm³/mol. The van der Waals surface area contributed by atoms with Gasteiger partial charge in [0.15, 0.2) is 11.5 Å². The normalized spacial score (nSPS) is 12.1. The summed E-state index contributed by atoms with van der Waals surface area (Å²) in [5.74, 6) is 0.574. The number of nitrogens with zero attached hydrogens (tertiary/aromatic N) is 4. The van der Waals surface area contributed by atoms with Crippen LogP contribution in [0.2, 0.25) is 0 Å². The first-order chi connectivity index (χ1) is 12.1. The van der Waals surface area contributed by atoms with Gasteiger partial charge in [0.2, 0.25) is 5.91 Å². The molecular weight excluding hydrogens is 336 g/mol. The highest BCUT2D eigenvalue weighted by Gasteiger charge is 2.15. The maximum atomic E-state index is 12.4. The number of hydrogen-bond acceptors (Lipinski definition) is 6. The second kappa shape index (κ2) is 7.52. The highest BCUT2D eigenvalue weighted by Crippen LogP contribution is 2.20. The fraction of sp³-hybridized carbons (Fsp3) is 0.294. The van der Waals surface area contributed by atoms with Crippen molar-refractivity contribution in [1.29, 1.82) is 0 Å². The zero-order valence-electron chi connectivity index (χ0n) is 14.4. The molecule has 7 nitrogen and oxygen atoms in total. The Balaban J connectivity index is 1.64. The van der Waals surface area contributed by atoms with Crippen LogP contribution in [0.5, 0.6) is 0 Å². The molecule has 2 aromatic heterocycles. The molecule has 2 heterocycles. The Morgan fingerprint density at radius 3 is 2.76 bits per heavy atom. The third kappa shape index (κ3) is 3.90. The molecular formula is C17H20N6OS. The van der Waals surface area contributed by atoms with E-state index in [4.69, 9.17) is 0 Å². The molecule has 0 spiro atoms. The second-order valence-corrected chi connectivity index (χ2v) is 6.60. The molecule has 1 amide bonds. The number of anilines is 1. The average Bonchev–Trinajstić information content (AvgIpc) is 3.10. The largest absolute Gasteiger partial charge is 0.348 e. The van der Waals surface area contributed by atoms with Gasteiger partial charge in [-0.1, -0.05) is 12.1 Å². The Labute approximate surface area is 150 Å². The van der Waals surface area contributed by atoms with Crippen LogP contribution in [-0.2, 0) is 4.79 Å². The summed E-state index contributed by atoms with van der Waals surface area (Å²) in [4.78, 5) is 30.8. The molecule has 0 saturated carbocycles. The van der Waals surface area contributed by atoms with Crippen molar-refractivity contribution in [3.63, 3.8) is 0 Å². The van der Waals surface area contributed by atoms with Gasteiger partial charge in [0.05, 0.1) is 18.9 Å². The van der Waals surface area contributed by atoms with Gasteiger partial charge in [0.1, 0.15) is 11.8 Å². The number of H-pyrrole nitrogens is 1. The molecule has 0 bridgehead atoms. The number of amides is 1. The third-order valence-corrected chi connectivity index (χ3v) is 4.68. The molecule has 8 heteroatoms. The predicted octanol–water partition coefficient (Wildman–Crippen LogP) is 2.39. The number of benzene rings is 1. The van der Waals surface area contributed by atoms with Gasteiger partial charge >= 0.3 is 0 Å². The van der Waals surface area contributed by atoms with Crippen molar-refractivity contribution in [2.45, 2.75) is 17.9 Å². The highest BCUT2D eigenvalue weighted by molar-refractivity contribution is 7.98. The lowest BCUT2D eigenvalue weighted by Gasteiger charge is -2.20. The van der Waals surface area contributed by atoms with E-state index in [9.17, 15) is 4.79 Å². The summed E-state index contributed by atoms with van der Waals surface area (Å²) in [5, 5.41) is 3.02. The van der Waals surface area contributed by atoms with Gasteiger partial charge in [0, 0.05) is 11.9 Å². The summed E-state index contributed by atoms with van der Waals surface area (Å²) in [5.41, 5.74) is 2.38. The maximum absolute atomic E-state index is 12.4. The van der Waals surface area contributed by atoms with Gasteiger partial charge in [0.25, 0.3) is 0 Å². The molecule has 0 aliphatic carbocycles. The number of likely N-dealkylation sites (N-methyl/N-ethyl adjacent to an activating group) is 1. The van der Waals surface area contributed by atoms with E-state index in [1.54, 1.807) is 23.0 Å². The van der Waals surface area contributed by atoms with Crippen molar-refractivity contribution in [1.82, 2.24) is 25.3 Å². The number of rotatable bonds is 6. The Kier molecular flexibility index (Phi) is 5.18. The molecule has 3 rings (SSSR count).